The Morgan fingerprint density at radius 3 is 2.48 bits per heavy atom. The highest BCUT2D eigenvalue weighted by Crippen LogP contribution is 2.58. The van der Waals surface area contributed by atoms with E-state index in [9.17, 15) is 23.1 Å². The van der Waals surface area contributed by atoms with Crippen molar-refractivity contribution in [2.24, 2.45) is 0 Å². The molecule has 0 saturated carbocycles. The van der Waals surface area contributed by atoms with Crippen LogP contribution in [-0.2, 0) is 17.6 Å². The van der Waals surface area contributed by atoms with Gasteiger partial charge in [-0.3, -0.25) is 4.79 Å². The van der Waals surface area contributed by atoms with Crippen LogP contribution in [0, 0.1) is 0 Å². The van der Waals surface area contributed by atoms with Gasteiger partial charge in [0.1, 0.15) is 0 Å². The van der Waals surface area contributed by atoms with Gasteiger partial charge < -0.3 is 29.0 Å². The topological polar surface area (TPSA) is 77.5 Å². The molecule has 5 rings (SSSR count). The van der Waals surface area contributed by atoms with E-state index in [2.05, 4.69) is 0 Å². The maximum Gasteiger partial charge on any atom is 0.471 e. The Balaban J connectivity index is 1.80. The number of nitrogens with zero attached hydrogens (tertiary/aromatic N) is 1. The standard InChI is InChI=1S/C21H18F3NO6/c1-28-18-10-3-4-25(20(27)21(22,23)24)12-5-9-6-13-14(31-8-30-13)7-11(9)16(15(10)12)17(26)19(18)29-2/h6-7,12,26H,3-5,8H2,1-2H3. The van der Waals surface area contributed by atoms with Crippen molar-refractivity contribution < 1.29 is 42.0 Å². The molecule has 0 bridgehead atoms. The zero-order valence-corrected chi connectivity index (χ0v) is 16.6. The number of hydrogen-bond donors (Lipinski definition) is 1. The van der Waals surface area contributed by atoms with Crippen LogP contribution in [-0.4, -0.2) is 49.6 Å². The highest BCUT2D eigenvalue weighted by atomic mass is 19.4. The lowest BCUT2D eigenvalue weighted by Gasteiger charge is -2.42. The molecule has 2 heterocycles. The number of amides is 1. The molecule has 10 heteroatoms. The SMILES string of the molecule is COc1c(O)c2c3c(c1OC)CCN(C(=O)C(F)(F)F)C3Cc1cc3c(cc1-2)OCO3. The molecule has 0 spiro atoms. The summed E-state index contributed by atoms with van der Waals surface area (Å²) in [6.45, 7) is -0.115. The number of carbonyl (C=O) groups excluding carboxylic acids is 1. The maximum absolute atomic E-state index is 13.3. The van der Waals surface area contributed by atoms with Gasteiger partial charge in [-0.1, -0.05) is 0 Å². The molecule has 0 fully saturated rings. The fourth-order valence-electron chi connectivity index (χ4n) is 4.81. The summed E-state index contributed by atoms with van der Waals surface area (Å²) >= 11 is 0. The highest BCUT2D eigenvalue weighted by molar-refractivity contribution is 5.89. The number of fused-ring (bicyclic) bond motifs is 3. The van der Waals surface area contributed by atoms with E-state index >= 15 is 0 Å². The lowest BCUT2D eigenvalue weighted by atomic mass is 9.75. The van der Waals surface area contributed by atoms with Crippen molar-refractivity contribution in [1.29, 1.82) is 0 Å². The number of rotatable bonds is 2. The Kier molecular flexibility index (Phi) is 4.18. The fraction of sp³-hybridized carbons (Fsp3) is 0.381. The Morgan fingerprint density at radius 1 is 1.16 bits per heavy atom. The maximum atomic E-state index is 13.3. The van der Waals surface area contributed by atoms with Crippen LogP contribution in [0.3, 0.4) is 0 Å². The van der Waals surface area contributed by atoms with E-state index in [-0.39, 0.29) is 43.4 Å². The minimum absolute atomic E-state index is 0.0242. The number of phenols is 1. The second-order valence-corrected chi connectivity index (χ2v) is 7.51. The Morgan fingerprint density at radius 2 is 1.84 bits per heavy atom. The third kappa shape index (κ3) is 2.70. The number of methoxy groups -OCH3 is 2. The minimum Gasteiger partial charge on any atom is -0.504 e. The van der Waals surface area contributed by atoms with E-state index in [1.165, 1.54) is 14.2 Å². The zero-order chi connectivity index (χ0) is 22.1. The van der Waals surface area contributed by atoms with Crippen LogP contribution in [0.25, 0.3) is 11.1 Å². The van der Waals surface area contributed by atoms with Crippen molar-refractivity contribution in [3.8, 4) is 39.9 Å². The van der Waals surface area contributed by atoms with Crippen LogP contribution in [0.2, 0.25) is 0 Å². The third-order valence-corrected chi connectivity index (χ3v) is 6.03. The quantitative estimate of drug-likeness (QED) is 0.777. The summed E-state index contributed by atoms with van der Waals surface area (Å²) in [7, 11) is 2.77. The summed E-state index contributed by atoms with van der Waals surface area (Å²) in [5, 5.41) is 11.1. The van der Waals surface area contributed by atoms with Crippen LogP contribution < -0.4 is 18.9 Å². The number of halogens is 3. The molecule has 1 amide bonds. The van der Waals surface area contributed by atoms with E-state index < -0.39 is 18.1 Å². The van der Waals surface area contributed by atoms with Gasteiger partial charge in [0.05, 0.1) is 20.3 Å². The van der Waals surface area contributed by atoms with Crippen molar-refractivity contribution in [2.75, 3.05) is 27.6 Å². The highest BCUT2D eigenvalue weighted by Gasteiger charge is 2.49. The summed E-state index contributed by atoms with van der Waals surface area (Å²) in [6, 6.07) is 2.45. The molecule has 2 aromatic rings. The molecule has 1 N–H and O–H groups in total. The molecule has 0 radical (unpaired) electrons. The second kappa shape index (κ2) is 6.60. The molecule has 1 unspecified atom stereocenters. The van der Waals surface area contributed by atoms with E-state index in [1.807, 2.05) is 0 Å². The number of carbonyl (C=O) groups is 1. The third-order valence-electron chi connectivity index (χ3n) is 6.03. The van der Waals surface area contributed by atoms with Gasteiger partial charge in [-0.2, -0.15) is 13.2 Å². The monoisotopic (exact) mass is 437 g/mol. The molecule has 31 heavy (non-hydrogen) atoms. The normalized spacial score (nSPS) is 18.4. The lowest BCUT2D eigenvalue weighted by molar-refractivity contribution is -0.188. The molecular weight excluding hydrogens is 419 g/mol. The van der Waals surface area contributed by atoms with E-state index in [4.69, 9.17) is 18.9 Å². The van der Waals surface area contributed by atoms with Gasteiger partial charge in [-0.25, -0.2) is 0 Å². The molecule has 2 aliphatic heterocycles. The molecule has 0 saturated heterocycles. The first-order valence-corrected chi connectivity index (χ1v) is 9.56. The largest absolute Gasteiger partial charge is 0.504 e. The minimum atomic E-state index is -5.01. The lowest BCUT2D eigenvalue weighted by Crippen LogP contribution is -2.48. The summed E-state index contributed by atoms with van der Waals surface area (Å²) < 4.78 is 61.7. The Hall–Kier alpha value is -3.30. The predicted molar refractivity (Wildman–Crippen MR) is 101 cm³/mol. The van der Waals surface area contributed by atoms with Crippen LogP contribution in [0.4, 0.5) is 13.2 Å². The number of phenolic OH excluding ortho intramolecular Hbond substituents is 1. The number of alkyl halides is 3. The molecule has 3 aliphatic rings. The van der Waals surface area contributed by atoms with Crippen molar-refractivity contribution in [2.45, 2.75) is 25.1 Å². The van der Waals surface area contributed by atoms with Gasteiger partial charge in [0.15, 0.2) is 23.0 Å². The van der Waals surface area contributed by atoms with Crippen molar-refractivity contribution >= 4 is 5.91 Å². The predicted octanol–water partition coefficient (Wildman–Crippen LogP) is 3.35. The fourth-order valence-corrected chi connectivity index (χ4v) is 4.81. The van der Waals surface area contributed by atoms with Crippen molar-refractivity contribution in [3.63, 3.8) is 0 Å². The van der Waals surface area contributed by atoms with Crippen molar-refractivity contribution in [1.82, 2.24) is 4.90 Å². The number of ether oxygens (including phenoxy) is 4. The van der Waals surface area contributed by atoms with E-state index in [0.717, 1.165) is 4.90 Å². The Bertz CT molecular complexity index is 1110. The van der Waals surface area contributed by atoms with Crippen LogP contribution >= 0.6 is 0 Å². The second-order valence-electron chi connectivity index (χ2n) is 7.51. The molecule has 1 atom stereocenters. The molecular formula is C21H18F3NO6. The van der Waals surface area contributed by atoms with Gasteiger partial charge in [0, 0.05) is 17.7 Å². The Labute approximate surface area is 174 Å². The smallest absolute Gasteiger partial charge is 0.471 e. The summed E-state index contributed by atoms with van der Waals surface area (Å²) in [5.41, 5.74) is 2.60. The van der Waals surface area contributed by atoms with Gasteiger partial charge >= 0.3 is 12.1 Å². The first-order chi connectivity index (χ1) is 14.8. The molecule has 164 valence electrons. The van der Waals surface area contributed by atoms with Gasteiger partial charge in [-0.05, 0) is 41.7 Å². The molecule has 2 aromatic carbocycles. The average molecular weight is 437 g/mol. The zero-order valence-electron chi connectivity index (χ0n) is 16.6. The summed E-state index contributed by atoms with van der Waals surface area (Å²) in [4.78, 5) is 13.1. The van der Waals surface area contributed by atoms with Crippen LogP contribution in [0.15, 0.2) is 12.1 Å². The molecule has 7 nitrogen and oxygen atoms in total. The summed E-state index contributed by atoms with van der Waals surface area (Å²) in [6.07, 6.45) is -4.76. The molecule has 1 aliphatic carbocycles. The van der Waals surface area contributed by atoms with Crippen LogP contribution in [0.1, 0.15) is 22.7 Å². The first-order valence-electron chi connectivity index (χ1n) is 9.56. The van der Waals surface area contributed by atoms with Gasteiger partial charge in [0.25, 0.3) is 0 Å². The van der Waals surface area contributed by atoms with E-state index in [1.54, 1.807) is 12.1 Å². The average Bonchev–Trinajstić information content (AvgIpc) is 3.19. The van der Waals surface area contributed by atoms with Gasteiger partial charge in [0.2, 0.25) is 12.5 Å². The number of hydrogen-bond acceptors (Lipinski definition) is 6. The molecule has 0 aromatic heterocycles. The van der Waals surface area contributed by atoms with Crippen molar-refractivity contribution in [3.05, 3.63) is 28.8 Å². The first kappa shape index (κ1) is 19.7. The van der Waals surface area contributed by atoms with Crippen LogP contribution in [0.5, 0.6) is 28.7 Å². The summed E-state index contributed by atoms with van der Waals surface area (Å²) in [5.74, 6) is -0.883. The van der Waals surface area contributed by atoms with Gasteiger partial charge in [-0.15, -0.1) is 0 Å². The van der Waals surface area contributed by atoms with E-state index in [0.29, 0.717) is 39.3 Å². The number of benzene rings is 2. The number of aromatic hydroxyl groups is 1.